The second-order valence-corrected chi connectivity index (χ2v) is 3.25. The number of rotatable bonds is 1. The van der Waals surface area contributed by atoms with Crippen molar-refractivity contribution in [3.63, 3.8) is 0 Å². The minimum Gasteiger partial charge on any atom is -0.381 e. The molecule has 0 aromatic heterocycles. The molecule has 2 heteroatoms. The Labute approximate surface area is 82.4 Å². The van der Waals surface area contributed by atoms with Gasteiger partial charge in [-0.15, -0.1) is 13.2 Å². The molecule has 2 nitrogen and oxygen atoms in total. The zero-order valence-electron chi connectivity index (χ0n) is 8.85. The molecular weight excluding hydrogens is 162 g/mol. The molecule has 0 saturated carbocycles. The quantitative estimate of drug-likeness (QED) is 0.632. The van der Waals surface area contributed by atoms with E-state index in [4.69, 9.17) is 4.74 Å². The maximum absolute atomic E-state index is 4.94. The summed E-state index contributed by atoms with van der Waals surface area (Å²) in [5.74, 6) is 1.00. The number of nitrogens with one attached hydrogen (secondary N) is 1. The van der Waals surface area contributed by atoms with Crippen LogP contribution >= 0.6 is 0 Å². The van der Waals surface area contributed by atoms with E-state index in [1.165, 1.54) is 32.4 Å². The first kappa shape index (κ1) is 12.7. The van der Waals surface area contributed by atoms with Gasteiger partial charge in [-0.25, -0.2) is 0 Å². The first-order chi connectivity index (χ1) is 6.43. The SMILES string of the molecule is C1CCOC1.C=C.CCC1CNC1. The summed E-state index contributed by atoms with van der Waals surface area (Å²) in [5.41, 5.74) is 0. The van der Waals surface area contributed by atoms with Crippen LogP contribution in [0.2, 0.25) is 0 Å². The fraction of sp³-hybridized carbons (Fsp3) is 0.818. The first-order valence-corrected chi connectivity index (χ1v) is 5.22. The van der Waals surface area contributed by atoms with Gasteiger partial charge in [-0.3, -0.25) is 0 Å². The van der Waals surface area contributed by atoms with E-state index in [1.54, 1.807) is 0 Å². The lowest BCUT2D eigenvalue weighted by atomic mass is 10.0. The van der Waals surface area contributed by atoms with Crippen molar-refractivity contribution in [1.29, 1.82) is 0 Å². The van der Waals surface area contributed by atoms with Gasteiger partial charge in [-0.2, -0.15) is 0 Å². The highest BCUT2D eigenvalue weighted by molar-refractivity contribution is 4.71. The van der Waals surface area contributed by atoms with Gasteiger partial charge >= 0.3 is 0 Å². The molecule has 0 amide bonds. The van der Waals surface area contributed by atoms with Crippen LogP contribution in [-0.2, 0) is 4.74 Å². The molecule has 2 fully saturated rings. The van der Waals surface area contributed by atoms with Crippen molar-refractivity contribution in [3.05, 3.63) is 13.2 Å². The highest BCUT2D eigenvalue weighted by Crippen LogP contribution is 2.05. The van der Waals surface area contributed by atoms with Crippen LogP contribution in [0, 0.1) is 5.92 Å². The molecule has 13 heavy (non-hydrogen) atoms. The van der Waals surface area contributed by atoms with Crippen molar-refractivity contribution in [2.45, 2.75) is 26.2 Å². The lowest BCUT2D eigenvalue weighted by Gasteiger charge is -2.25. The molecule has 78 valence electrons. The Bertz CT molecular complexity index is 87.9. The average Bonchev–Trinajstić information content (AvgIpc) is 2.63. The smallest absolute Gasteiger partial charge is 0.0466 e. The van der Waals surface area contributed by atoms with E-state index < -0.39 is 0 Å². The minimum absolute atomic E-state index is 1.00. The van der Waals surface area contributed by atoms with Crippen molar-refractivity contribution >= 4 is 0 Å². The average molecular weight is 185 g/mol. The molecule has 0 spiro atoms. The number of hydrogen-bond donors (Lipinski definition) is 1. The Hall–Kier alpha value is -0.340. The molecular formula is C11H23NO. The molecule has 1 N–H and O–H groups in total. The molecule has 2 heterocycles. The van der Waals surface area contributed by atoms with Crippen molar-refractivity contribution in [3.8, 4) is 0 Å². The second kappa shape index (κ2) is 9.75. The van der Waals surface area contributed by atoms with Crippen molar-refractivity contribution in [2.24, 2.45) is 5.92 Å². The zero-order valence-corrected chi connectivity index (χ0v) is 8.85. The molecule has 2 rings (SSSR count). The van der Waals surface area contributed by atoms with Gasteiger partial charge in [0.25, 0.3) is 0 Å². The van der Waals surface area contributed by atoms with Crippen LogP contribution in [0.1, 0.15) is 26.2 Å². The predicted octanol–water partition coefficient (Wildman–Crippen LogP) is 2.21. The molecule has 0 aromatic carbocycles. The fourth-order valence-corrected chi connectivity index (χ4v) is 1.15. The Kier molecular flexibility index (Phi) is 9.49. The molecule has 0 bridgehead atoms. The maximum atomic E-state index is 4.94. The monoisotopic (exact) mass is 185 g/mol. The van der Waals surface area contributed by atoms with E-state index in [-0.39, 0.29) is 0 Å². The lowest BCUT2D eigenvalue weighted by Crippen LogP contribution is -2.41. The summed E-state index contributed by atoms with van der Waals surface area (Å²) >= 11 is 0. The van der Waals surface area contributed by atoms with Gasteiger partial charge in [0.2, 0.25) is 0 Å². The molecule has 0 aromatic rings. The van der Waals surface area contributed by atoms with Gasteiger partial charge in [-0.1, -0.05) is 13.3 Å². The normalized spacial score (nSPS) is 20.4. The van der Waals surface area contributed by atoms with E-state index in [2.05, 4.69) is 25.4 Å². The van der Waals surface area contributed by atoms with Crippen molar-refractivity contribution < 1.29 is 4.74 Å². The van der Waals surface area contributed by atoms with Crippen LogP contribution in [0.15, 0.2) is 13.2 Å². The Balaban J connectivity index is 0.000000189. The molecule has 0 unspecified atom stereocenters. The number of ether oxygens (including phenoxy) is 1. The van der Waals surface area contributed by atoms with Crippen LogP contribution in [0.5, 0.6) is 0 Å². The Morgan fingerprint density at radius 3 is 1.85 bits per heavy atom. The zero-order chi connectivity index (χ0) is 9.94. The van der Waals surface area contributed by atoms with E-state index in [1.807, 2.05) is 0 Å². The summed E-state index contributed by atoms with van der Waals surface area (Å²) in [6.45, 7) is 12.8. The van der Waals surface area contributed by atoms with Crippen LogP contribution < -0.4 is 5.32 Å². The van der Waals surface area contributed by atoms with E-state index in [0.29, 0.717) is 0 Å². The van der Waals surface area contributed by atoms with E-state index >= 15 is 0 Å². The van der Waals surface area contributed by atoms with E-state index in [9.17, 15) is 0 Å². The highest BCUT2D eigenvalue weighted by atomic mass is 16.5. The van der Waals surface area contributed by atoms with Gasteiger partial charge in [0.1, 0.15) is 0 Å². The predicted molar refractivity (Wildman–Crippen MR) is 58.0 cm³/mol. The number of hydrogen-bond acceptors (Lipinski definition) is 2. The van der Waals surface area contributed by atoms with Crippen LogP contribution in [0.25, 0.3) is 0 Å². The summed E-state index contributed by atoms with van der Waals surface area (Å²) in [6, 6.07) is 0. The Morgan fingerprint density at radius 2 is 1.77 bits per heavy atom. The molecule has 2 aliphatic heterocycles. The lowest BCUT2D eigenvalue weighted by molar-refractivity contribution is 0.198. The van der Waals surface area contributed by atoms with E-state index in [0.717, 1.165) is 19.1 Å². The molecule has 2 saturated heterocycles. The van der Waals surface area contributed by atoms with Gasteiger partial charge in [0.15, 0.2) is 0 Å². The second-order valence-electron chi connectivity index (χ2n) is 3.25. The molecule has 0 radical (unpaired) electrons. The van der Waals surface area contributed by atoms with Crippen LogP contribution in [0.4, 0.5) is 0 Å². The van der Waals surface area contributed by atoms with Crippen LogP contribution in [-0.4, -0.2) is 26.3 Å². The first-order valence-electron chi connectivity index (χ1n) is 5.22. The Morgan fingerprint density at radius 1 is 1.23 bits per heavy atom. The molecule has 0 atom stereocenters. The van der Waals surface area contributed by atoms with Gasteiger partial charge in [0, 0.05) is 13.2 Å². The molecule has 2 aliphatic rings. The summed E-state index contributed by atoms with van der Waals surface area (Å²) in [7, 11) is 0. The summed E-state index contributed by atoms with van der Waals surface area (Å²) in [6.07, 6.45) is 3.91. The summed E-state index contributed by atoms with van der Waals surface area (Å²) < 4.78 is 4.94. The summed E-state index contributed by atoms with van der Waals surface area (Å²) in [5, 5.41) is 3.21. The van der Waals surface area contributed by atoms with Gasteiger partial charge in [0.05, 0.1) is 0 Å². The maximum Gasteiger partial charge on any atom is 0.0466 e. The third-order valence-electron chi connectivity index (χ3n) is 2.27. The minimum atomic E-state index is 1.00. The largest absolute Gasteiger partial charge is 0.381 e. The fourth-order valence-electron chi connectivity index (χ4n) is 1.15. The third kappa shape index (κ3) is 6.79. The van der Waals surface area contributed by atoms with Gasteiger partial charge in [-0.05, 0) is 31.8 Å². The van der Waals surface area contributed by atoms with Crippen LogP contribution in [0.3, 0.4) is 0 Å². The molecule has 0 aliphatic carbocycles. The topological polar surface area (TPSA) is 21.3 Å². The standard InChI is InChI=1S/C5H11N.C4H8O.C2H4/c1-2-5-3-6-4-5;1-2-4-5-3-1;1-2/h5-6H,2-4H2,1H3;1-4H2;1-2H2. The third-order valence-corrected chi connectivity index (χ3v) is 2.27. The highest BCUT2D eigenvalue weighted by Gasteiger charge is 2.12. The van der Waals surface area contributed by atoms with Crippen molar-refractivity contribution in [2.75, 3.05) is 26.3 Å². The van der Waals surface area contributed by atoms with Crippen molar-refractivity contribution in [1.82, 2.24) is 5.32 Å². The summed E-state index contributed by atoms with van der Waals surface area (Å²) in [4.78, 5) is 0. The van der Waals surface area contributed by atoms with Gasteiger partial charge < -0.3 is 10.1 Å².